The van der Waals surface area contributed by atoms with Crippen LogP contribution in [-0.4, -0.2) is 21.6 Å². The van der Waals surface area contributed by atoms with E-state index in [2.05, 4.69) is 25.3 Å². The number of carboxylic acid groups (broad SMARTS) is 1. The summed E-state index contributed by atoms with van der Waals surface area (Å²) in [6, 6.07) is 0. The lowest BCUT2D eigenvalue weighted by Gasteiger charge is -2.19. The van der Waals surface area contributed by atoms with E-state index >= 15 is 0 Å². The van der Waals surface area contributed by atoms with E-state index in [0.29, 0.717) is 12.2 Å². The molecular formula is C7H14O2S2. The first-order chi connectivity index (χ1) is 4.98. The molecule has 1 N–H and O–H groups in total. The number of rotatable bonds is 5. The summed E-state index contributed by atoms with van der Waals surface area (Å²) in [7, 11) is 0. The Labute approximate surface area is 78.2 Å². The van der Waals surface area contributed by atoms with Gasteiger partial charge in [-0.2, -0.15) is 25.3 Å². The van der Waals surface area contributed by atoms with Gasteiger partial charge in [-0.25, -0.2) is 0 Å². The Morgan fingerprint density at radius 3 is 2.55 bits per heavy atom. The highest BCUT2D eigenvalue weighted by molar-refractivity contribution is 7.85. The first-order valence-electron chi connectivity index (χ1n) is 3.53. The zero-order valence-corrected chi connectivity index (χ0v) is 8.37. The van der Waals surface area contributed by atoms with Crippen molar-refractivity contribution in [2.75, 3.05) is 5.75 Å². The third-order valence-electron chi connectivity index (χ3n) is 1.45. The van der Waals surface area contributed by atoms with E-state index in [9.17, 15) is 4.79 Å². The Kier molecular flexibility index (Phi) is 5.01. The van der Waals surface area contributed by atoms with Crippen molar-refractivity contribution in [3.05, 3.63) is 0 Å². The second-order valence-corrected chi connectivity index (χ2v) is 4.30. The van der Waals surface area contributed by atoms with E-state index in [-0.39, 0.29) is 11.2 Å². The number of hydrogen-bond donors (Lipinski definition) is 3. The second kappa shape index (κ2) is 4.93. The van der Waals surface area contributed by atoms with Crippen LogP contribution in [0.25, 0.3) is 0 Å². The minimum atomic E-state index is -0.742. The third kappa shape index (κ3) is 6.56. The van der Waals surface area contributed by atoms with Gasteiger partial charge >= 0.3 is 5.97 Å². The van der Waals surface area contributed by atoms with Crippen LogP contribution >= 0.6 is 25.3 Å². The summed E-state index contributed by atoms with van der Waals surface area (Å²) < 4.78 is -0.126. The molecule has 0 radical (unpaired) electrons. The SMILES string of the molecule is CC(S)(CS)CCCC(=O)O. The van der Waals surface area contributed by atoms with Gasteiger partial charge in [0.2, 0.25) is 0 Å². The van der Waals surface area contributed by atoms with Crippen molar-refractivity contribution in [3.8, 4) is 0 Å². The number of carbonyl (C=O) groups is 1. The zero-order chi connectivity index (χ0) is 8.91. The Morgan fingerprint density at radius 1 is 1.64 bits per heavy atom. The quantitative estimate of drug-likeness (QED) is 0.584. The molecule has 0 spiro atoms. The highest BCUT2D eigenvalue weighted by Gasteiger charge is 2.16. The minimum Gasteiger partial charge on any atom is -0.481 e. The third-order valence-corrected chi connectivity index (χ3v) is 2.78. The number of aliphatic carboxylic acids is 1. The molecule has 0 aliphatic carbocycles. The van der Waals surface area contributed by atoms with Crippen LogP contribution in [0.4, 0.5) is 0 Å². The Balaban J connectivity index is 3.45. The largest absolute Gasteiger partial charge is 0.481 e. The van der Waals surface area contributed by atoms with Gasteiger partial charge < -0.3 is 5.11 Å². The van der Waals surface area contributed by atoms with E-state index < -0.39 is 5.97 Å². The average Bonchev–Trinajstić information content (AvgIpc) is 1.87. The van der Waals surface area contributed by atoms with Crippen LogP contribution in [0.1, 0.15) is 26.2 Å². The van der Waals surface area contributed by atoms with Crippen LogP contribution in [-0.2, 0) is 4.79 Å². The maximum atomic E-state index is 10.1. The summed E-state index contributed by atoms with van der Waals surface area (Å²) in [5, 5.41) is 8.34. The summed E-state index contributed by atoms with van der Waals surface area (Å²) in [6.45, 7) is 1.96. The standard InChI is InChI=1S/C7H14O2S2/c1-7(11,5-10)4-2-3-6(8)9/h10-11H,2-5H2,1H3,(H,8,9). The van der Waals surface area contributed by atoms with Crippen LogP contribution in [0.5, 0.6) is 0 Å². The molecule has 2 nitrogen and oxygen atoms in total. The molecule has 0 aromatic heterocycles. The number of thiol groups is 2. The summed E-state index contributed by atoms with van der Waals surface area (Å²) in [5.74, 6) is -0.0660. The molecule has 0 rings (SSSR count). The molecule has 0 fully saturated rings. The lowest BCUT2D eigenvalue weighted by atomic mass is 10.1. The zero-order valence-electron chi connectivity index (χ0n) is 6.58. The molecule has 1 atom stereocenters. The molecule has 0 amide bonds. The van der Waals surface area contributed by atoms with Gasteiger partial charge in [-0.05, 0) is 19.8 Å². The lowest BCUT2D eigenvalue weighted by molar-refractivity contribution is -0.137. The first-order valence-corrected chi connectivity index (χ1v) is 4.61. The van der Waals surface area contributed by atoms with Crippen molar-refractivity contribution in [2.45, 2.75) is 30.9 Å². The predicted octanol–water partition coefficient (Wildman–Crippen LogP) is 1.86. The molecule has 0 heterocycles. The van der Waals surface area contributed by atoms with Gasteiger partial charge in [-0.3, -0.25) is 4.79 Å². The van der Waals surface area contributed by atoms with Crippen LogP contribution < -0.4 is 0 Å². The Morgan fingerprint density at radius 2 is 2.18 bits per heavy atom. The highest BCUT2D eigenvalue weighted by atomic mass is 32.1. The summed E-state index contributed by atoms with van der Waals surface area (Å²) >= 11 is 8.42. The van der Waals surface area contributed by atoms with E-state index in [4.69, 9.17) is 5.11 Å². The molecule has 4 heteroatoms. The molecular weight excluding hydrogens is 180 g/mol. The molecule has 0 aromatic rings. The number of carboxylic acids is 1. The van der Waals surface area contributed by atoms with Crippen molar-refractivity contribution < 1.29 is 9.90 Å². The van der Waals surface area contributed by atoms with Gasteiger partial charge in [0, 0.05) is 16.9 Å². The van der Waals surface area contributed by atoms with Gasteiger partial charge in [0.15, 0.2) is 0 Å². The van der Waals surface area contributed by atoms with Crippen LogP contribution in [0, 0.1) is 0 Å². The molecule has 0 bridgehead atoms. The molecule has 1 unspecified atom stereocenters. The summed E-state index contributed by atoms with van der Waals surface area (Å²) in [4.78, 5) is 10.1. The maximum Gasteiger partial charge on any atom is 0.303 e. The van der Waals surface area contributed by atoms with E-state index in [1.807, 2.05) is 6.92 Å². The fourth-order valence-corrected chi connectivity index (χ4v) is 1.02. The molecule has 0 saturated carbocycles. The van der Waals surface area contributed by atoms with Gasteiger partial charge in [-0.1, -0.05) is 0 Å². The van der Waals surface area contributed by atoms with Crippen molar-refractivity contribution in [1.29, 1.82) is 0 Å². The van der Waals surface area contributed by atoms with Gasteiger partial charge in [0.25, 0.3) is 0 Å². The smallest absolute Gasteiger partial charge is 0.303 e. The average molecular weight is 194 g/mol. The topological polar surface area (TPSA) is 37.3 Å². The predicted molar refractivity (Wildman–Crippen MR) is 52.7 cm³/mol. The molecule has 0 aliphatic heterocycles. The van der Waals surface area contributed by atoms with E-state index in [0.717, 1.165) is 6.42 Å². The van der Waals surface area contributed by atoms with Crippen LogP contribution in [0.3, 0.4) is 0 Å². The van der Waals surface area contributed by atoms with E-state index in [1.165, 1.54) is 0 Å². The summed E-state index contributed by atoms with van der Waals surface area (Å²) in [6.07, 6.45) is 1.70. The fourth-order valence-electron chi connectivity index (χ4n) is 0.700. The molecule has 0 aliphatic rings. The van der Waals surface area contributed by atoms with Crippen molar-refractivity contribution in [1.82, 2.24) is 0 Å². The van der Waals surface area contributed by atoms with E-state index in [1.54, 1.807) is 0 Å². The molecule has 0 saturated heterocycles. The fraction of sp³-hybridized carbons (Fsp3) is 0.857. The monoisotopic (exact) mass is 194 g/mol. The summed E-state index contributed by atoms with van der Waals surface area (Å²) in [5.41, 5.74) is 0. The minimum absolute atomic E-state index is 0.126. The Hall–Kier alpha value is 0.170. The van der Waals surface area contributed by atoms with Crippen molar-refractivity contribution in [2.24, 2.45) is 0 Å². The highest BCUT2D eigenvalue weighted by Crippen LogP contribution is 2.22. The first kappa shape index (κ1) is 11.2. The van der Waals surface area contributed by atoms with Gasteiger partial charge in [0.1, 0.15) is 0 Å². The van der Waals surface area contributed by atoms with Crippen molar-refractivity contribution >= 4 is 31.2 Å². The van der Waals surface area contributed by atoms with Gasteiger partial charge in [0.05, 0.1) is 0 Å². The van der Waals surface area contributed by atoms with Crippen molar-refractivity contribution in [3.63, 3.8) is 0 Å². The second-order valence-electron chi connectivity index (χ2n) is 2.90. The Bertz CT molecular complexity index is 134. The van der Waals surface area contributed by atoms with Gasteiger partial charge in [-0.15, -0.1) is 0 Å². The lowest BCUT2D eigenvalue weighted by Crippen LogP contribution is -2.18. The maximum absolute atomic E-state index is 10.1. The number of hydrogen-bond acceptors (Lipinski definition) is 3. The van der Waals surface area contributed by atoms with Crippen LogP contribution in [0.2, 0.25) is 0 Å². The van der Waals surface area contributed by atoms with Crippen LogP contribution in [0.15, 0.2) is 0 Å². The molecule has 0 aromatic carbocycles. The molecule has 11 heavy (non-hydrogen) atoms. The molecule has 66 valence electrons. The normalized spacial score (nSPS) is 15.9.